The molecule has 0 bridgehead atoms. The zero-order valence-corrected chi connectivity index (χ0v) is 10.1. The second kappa shape index (κ2) is 3.85. The van der Waals surface area contributed by atoms with Gasteiger partial charge in [-0.25, -0.2) is 0 Å². The molecule has 4 rings (SSSR count). The molecule has 2 unspecified atom stereocenters. The molecule has 2 aliphatic heterocycles. The van der Waals surface area contributed by atoms with E-state index in [1.807, 2.05) is 6.07 Å². The third-order valence-corrected chi connectivity index (χ3v) is 3.95. The van der Waals surface area contributed by atoms with Crippen molar-refractivity contribution in [2.24, 2.45) is 0 Å². The van der Waals surface area contributed by atoms with Crippen molar-refractivity contribution in [3.05, 3.63) is 65.2 Å². The lowest BCUT2D eigenvalue weighted by atomic mass is 9.98. The van der Waals surface area contributed by atoms with Crippen LogP contribution in [0.2, 0.25) is 0 Å². The van der Waals surface area contributed by atoms with Crippen LogP contribution in [0, 0.1) is 0 Å². The maximum absolute atomic E-state index is 6.09. The molecule has 0 spiro atoms. The van der Waals surface area contributed by atoms with Crippen LogP contribution >= 0.6 is 0 Å². The molecule has 2 aromatic carbocycles. The van der Waals surface area contributed by atoms with E-state index in [2.05, 4.69) is 47.8 Å². The Bertz CT molecular complexity index is 568. The van der Waals surface area contributed by atoms with Gasteiger partial charge in [-0.05, 0) is 22.8 Å². The number of nitrogens with one attached hydrogen (secondary N) is 1. The zero-order valence-electron chi connectivity index (χ0n) is 10.1. The van der Waals surface area contributed by atoms with Crippen molar-refractivity contribution in [2.45, 2.75) is 25.1 Å². The average molecular weight is 237 g/mol. The van der Waals surface area contributed by atoms with Crippen LogP contribution in [0.15, 0.2) is 48.5 Å². The van der Waals surface area contributed by atoms with Gasteiger partial charge in [0.05, 0.1) is 6.04 Å². The summed E-state index contributed by atoms with van der Waals surface area (Å²) in [4.78, 5) is 0. The molecule has 2 aromatic rings. The van der Waals surface area contributed by atoms with Gasteiger partial charge >= 0.3 is 0 Å². The number of hydrogen-bond donors (Lipinski definition) is 1. The maximum Gasteiger partial charge on any atom is 0.123 e. The minimum absolute atomic E-state index is 0.228. The smallest absolute Gasteiger partial charge is 0.123 e. The van der Waals surface area contributed by atoms with E-state index in [4.69, 9.17) is 4.74 Å². The number of rotatable bonds is 1. The lowest BCUT2D eigenvalue weighted by Crippen LogP contribution is -2.30. The van der Waals surface area contributed by atoms with E-state index >= 15 is 0 Å². The molecule has 90 valence electrons. The van der Waals surface area contributed by atoms with Crippen molar-refractivity contribution in [3.63, 3.8) is 0 Å². The number of para-hydroxylation sites is 1. The summed E-state index contributed by atoms with van der Waals surface area (Å²) in [5, 5.41) is 3.57. The molecule has 0 saturated heterocycles. The van der Waals surface area contributed by atoms with Crippen LogP contribution in [0.1, 0.15) is 22.7 Å². The Labute approximate surface area is 107 Å². The number of fused-ring (bicyclic) bond motifs is 2. The monoisotopic (exact) mass is 237 g/mol. The van der Waals surface area contributed by atoms with Crippen LogP contribution in [0.3, 0.4) is 0 Å². The lowest BCUT2D eigenvalue weighted by Gasteiger charge is -2.19. The molecular formula is C16H15NO. The normalized spacial score (nSPS) is 24.4. The van der Waals surface area contributed by atoms with E-state index in [-0.39, 0.29) is 6.10 Å². The first-order chi connectivity index (χ1) is 8.92. The largest absolute Gasteiger partial charge is 0.488 e. The van der Waals surface area contributed by atoms with E-state index in [0.29, 0.717) is 6.04 Å². The minimum Gasteiger partial charge on any atom is -0.488 e. The predicted molar refractivity (Wildman–Crippen MR) is 70.6 cm³/mol. The fraction of sp³-hybridized carbons (Fsp3) is 0.250. The standard InChI is InChI=1S/C16H15NO/c1-3-7-13-12(6-1)10-17-16(13)15-9-11-5-2-4-8-14(11)18-15/h1-8,15-17H,9-10H2. The quantitative estimate of drug-likeness (QED) is 0.823. The van der Waals surface area contributed by atoms with Gasteiger partial charge in [0.25, 0.3) is 0 Å². The van der Waals surface area contributed by atoms with Crippen molar-refractivity contribution in [3.8, 4) is 5.75 Å². The van der Waals surface area contributed by atoms with E-state index in [1.54, 1.807) is 0 Å². The van der Waals surface area contributed by atoms with Crippen LogP contribution in [0.5, 0.6) is 5.75 Å². The second-order valence-corrected chi connectivity index (χ2v) is 5.03. The summed E-state index contributed by atoms with van der Waals surface area (Å²) in [7, 11) is 0. The molecule has 0 saturated carbocycles. The Morgan fingerprint density at radius 3 is 2.61 bits per heavy atom. The SMILES string of the molecule is c1ccc2c(c1)CC(C1NCc3ccccc31)O2. The van der Waals surface area contributed by atoms with Gasteiger partial charge in [0, 0.05) is 13.0 Å². The van der Waals surface area contributed by atoms with Gasteiger partial charge < -0.3 is 10.1 Å². The van der Waals surface area contributed by atoms with Gasteiger partial charge in [-0.3, -0.25) is 0 Å². The molecule has 0 aromatic heterocycles. The summed E-state index contributed by atoms with van der Waals surface area (Å²) in [5.41, 5.74) is 4.13. The van der Waals surface area contributed by atoms with Gasteiger partial charge in [-0.15, -0.1) is 0 Å². The summed E-state index contributed by atoms with van der Waals surface area (Å²) in [5.74, 6) is 1.05. The Kier molecular flexibility index (Phi) is 2.17. The highest BCUT2D eigenvalue weighted by molar-refractivity contribution is 5.41. The van der Waals surface area contributed by atoms with Gasteiger partial charge in [0.1, 0.15) is 11.9 Å². The van der Waals surface area contributed by atoms with Gasteiger partial charge in [-0.2, -0.15) is 0 Å². The number of ether oxygens (including phenoxy) is 1. The highest BCUT2D eigenvalue weighted by Crippen LogP contribution is 2.37. The predicted octanol–water partition coefficient (Wildman–Crippen LogP) is 2.83. The van der Waals surface area contributed by atoms with Crippen molar-refractivity contribution >= 4 is 0 Å². The average Bonchev–Trinajstić information content (AvgIpc) is 3.02. The first-order valence-electron chi connectivity index (χ1n) is 6.47. The molecular weight excluding hydrogens is 222 g/mol. The van der Waals surface area contributed by atoms with Crippen molar-refractivity contribution in [1.29, 1.82) is 0 Å². The molecule has 2 nitrogen and oxygen atoms in total. The topological polar surface area (TPSA) is 21.3 Å². The summed E-state index contributed by atoms with van der Waals surface area (Å²) >= 11 is 0. The first-order valence-corrected chi connectivity index (χ1v) is 6.47. The molecule has 0 radical (unpaired) electrons. The Morgan fingerprint density at radius 2 is 1.72 bits per heavy atom. The molecule has 0 amide bonds. The maximum atomic E-state index is 6.09. The Balaban J connectivity index is 1.65. The van der Waals surface area contributed by atoms with E-state index in [0.717, 1.165) is 18.7 Å². The first kappa shape index (κ1) is 10.2. The second-order valence-electron chi connectivity index (χ2n) is 5.03. The zero-order chi connectivity index (χ0) is 11.9. The number of benzene rings is 2. The lowest BCUT2D eigenvalue weighted by molar-refractivity contribution is 0.184. The van der Waals surface area contributed by atoms with Gasteiger partial charge in [-0.1, -0.05) is 42.5 Å². The fourth-order valence-corrected chi connectivity index (χ4v) is 3.06. The minimum atomic E-state index is 0.228. The summed E-state index contributed by atoms with van der Waals surface area (Å²) < 4.78 is 6.09. The van der Waals surface area contributed by atoms with Crippen LogP contribution in [0.25, 0.3) is 0 Å². The Morgan fingerprint density at radius 1 is 0.944 bits per heavy atom. The van der Waals surface area contributed by atoms with Crippen LogP contribution in [-0.4, -0.2) is 6.10 Å². The molecule has 2 heterocycles. The van der Waals surface area contributed by atoms with E-state index in [1.165, 1.54) is 16.7 Å². The molecule has 2 heteroatoms. The molecule has 2 atom stereocenters. The molecule has 1 N–H and O–H groups in total. The summed E-state index contributed by atoms with van der Waals surface area (Å²) in [6.45, 7) is 0.955. The van der Waals surface area contributed by atoms with Gasteiger partial charge in [0.2, 0.25) is 0 Å². The molecule has 0 fully saturated rings. The molecule has 0 aliphatic carbocycles. The van der Waals surface area contributed by atoms with Crippen molar-refractivity contribution in [1.82, 2.24) is 5.32 Å². The van der Waals surface area contributed by atoms with Crippen LogP contribution < -0.4 is 10.1 Å². The molecule has 18 heavy (non-hydrogen) atoms. The number of hydrogen-bond acceptors (Lipinski definition) is 2. The fourth-order valence-electron chi connectivity index (χ4n) is 3.06. The third-order valence-electron chi connectivity index (χ3n) is 3.95. The highest BCUT2D eigenvalue weighted by atomic mass is 16.5. The highest BCUT2D eigenvalue weighted by Gasteiger charge is 2.34. The summed E-state index contributed by atoms with van der Waals surface area (Å²) in [6.07, 6.45) is 1.23. The van der Waals surface area contributed by atoms with Crippen LogP contribution in [0.4, 0.5) is 0 Å². The summed E-state index contributed by atoms with van der Waals surface area (Å²) in [6, 6.07) is 17.3. The van der Waals surface area contributed by atoms with E-state index in [9.17, 15) is 0 Å². The van der Waals surface area contributed by atoms with E-state index < -0.39 is 0 Å². The third kappa shape index (κ3) is 1.46. The van der Waals surface area contributed by atoms with Crippen molar-refractivity contribution < 1.29 is 4.74 Å². The van der Waals surface area contributed by atoms with Gasteiger partial charge in [0.15, 0.2) is 0 Å². The van der Waals surface area contributed by atoms with Crippen LogP contribution in [-0.2, 0) is 13.0 Å². The van der Waals surface area contributed by atoms with Crippen molar-refractivity contribution in [2.75, 3.05) is 0 Å². The molecule has 2 aliphatic rings. The Hall–Kier alpha value is -1.80.